The summed E-state index contributed by atoms with van der Waals surface area (Å²) in [5, 5.41) is 6.76. The molecule has 6 nitrogen and oxygen atoms in total. The van der Waals surface area contributed by atoms with Crippen LogP contribution in [0.25, 0.3) is 0 Å². The van der Waals surface area contributed by atoms with Crippen LogP contribution in [0.1, 0.15) is 39.0 Å². The molecule has 2 atom stereocenters. The molecule has 0 saturated carbocycles. The number of piperidine rings is 1. The van der Waals surface area contributed by atoms with Crippen molar-refractivity contribution in [3.8, 4) is 0 Å². The van der Waals surface area contributed by atoms with Gasteiger partial charge in [-0.1, -0.05) is 6.42 Å². The number of hydrogen-bond donors (Lipinski definition) is 2. The van der Waals surface area contributed by atoms with Gasteiger partial charge in [0.2, 0.25) is 0 Å². The van der Waals surface area contributed by atoms with Gasteiger partial charge in [0.1, 0.15) is 0 Å². The van der Waals surface area contributed by atoms with Gasteiger partial charge in [0.25, 0.3) is 0 Å². The summed E-state index contributed by atoms with van der Waals surface area (Å²) >= 11 is 0. The predicted octanol–water partition coefficient (Wildman–Crippen LogP) is 1.84. The van der Waals surface area contributed by atoms with Gasteiger partial charge in [-0.2, -0.15) is 0 Å². The van der Waals surface area contributed by atoms with Gasteiger partial charge in [-0.15, -0.1) is 24.0 Å². The molecule has 142 valence electrons. The third kappa shape index (κ3) is 8.31. The largest absolute Gasteiger partial charge is 0.379 e. The van der Waals surface area contributed by atoms with Crippen molar-refractivity contribution in [3.63, 3.8) is 0 Å². The van der Waals surface area contributed by atoms with Crippen molar-refractivity contribution < 1.29 is 9.47 Å². The van der Waals surface area contributed by atoms with Crippen LogP contribution in [-0.4, -0.2) is 76.1 Å². The first-order valence-electron chi connectivity index (χ1n) is 9.17. The van der Waals surface area contributed by atoms with Crippen LogP contribution in [0, 0.1) is 0 Å². The quantitative estimate of drug-likeness (QED) is 0.254. The summed E-state index contributed by atoms with van der Waals surface area (Å²) in [5.41, 5.74) is 0. The molecule has 0 aliphatic carbocycles. The summed E-state index contributed by atoms with van der Waals surface area (Å²) in [4.78, 5) is 6.85. The van der Waals surface area contributed by atoms with E-state index in [1.807, 2.05) is 7.05 Å². The molecule has 2 rings (SSSR count). The molecular formula is C17H35IN4O2. The zero-order valence-corrected chi connectivity index (χ0v) is 17.6. The molecule has 2 unspecified atom stereocenters. The van der Waals surface area contributed by atoms with E-state index in [2.05, 4.69) is 27.4 Å². The fraction of sp³-hybridized carbons (Fsp3) is 0.941. The van der Waals surface area contributed by atoms with Gasteiger partial charge in [0.05, 0.1) is 12.7 Å². The SMILES string of the molecule is CN=C(NCCCOC1CCOC1)NCCN1CCCCC1C.I. The van der Waals surface area contributed by atoms with Crippen LogP contribution in [-0.2, 0) is 9.47 Å². The first kappa shape index (κ1) is 21.9. The van der Waals surface area contributed by atoms with Gasteiger partial charge in [-0.3, -0.25) is 9.89 Å². The summed E-state index contributed by atoms with van der Waals surface area (Å²) in [7, 11) is 1.82. The van der Waals surface area contributed by atoms with Crippen LogP contribution in [0.15, 0.2) is 4.99 Å². The fourth-order valence-corrected chi connectivity index (χ4v) is 3.20. The standard InChI is InChI=1S/C17H34N4O2.HI/c1-15-6-3-4-10-21(15)11-9-20-17(18-2)19-8-5-12-23-16-7-13-22-14-16;/h15-16H,3-14H2,1-2H3,(H2,18,19,20);1H. The van der Waals surface area contributed by atoms with Gasteiger partial charge in [0, 0.05) is 45.9 Å². The molecule has 0 spiro atoms. The third-order valence-corrected chi connectivity index (χ3v) is 4.71. The minimum absolute atomic E-state index is 0. The zero-order chi connectivity index (χ0) is 16.3. The van der Waals surface area contributed by atoms with Crippen molar-refractivity contribution in [2.24, 2.45) is 4.99 Å². The first-order chi connectivity index (χ1) is 11.3. The van der Waals surface area contributed by atoms with Gasteiger partial charge in [-0.25, -0.2) is 0 Å². The van der Waals surface area contributed by atoms with E-state index in [1.165, 1.54) is 25.8 Å². The Kier molecular flexibility index (Phi) is 12.0. The minimum Gasteiger partial charge on any atom is -0.379 e. The molecule has 0 aromatic rings. The van der Waals surface area contributed by atoms with E-state index in [1.54, 1.807) is 0 Å². The summed E-state index contributed by atoms with van der Waals surface area (Å²) in [6.07, 6.45) is 6.37. The Labute approximate surface area is 164 Å². The van der Waals surface area contributed by atoms with E-state index in [-0.39, 0.29) is 24.0 Å². The molecule has 2 saturated heterocycles. The van der Waals surface area contributed by atoms with Crippen LogP contribution >= 0.6 is 24.0 Å². The lowest BCUT2D eigenvalue weighted by molar-refractivity contribution is 0.0420. The maximum atomic E-state index is 5.76. The van der Waals surface area contributed by atoms with Crippen molar-refractivity contribution in [3.05, 3.63) is 0 Å². The van der Waals surface area contributed by atoms with Crippen LogP contribution in [0.4, 0.5) is 0 Å². The molecule has 0 aromatic heterocycles. The minimum atomic E-state index is 0. The number of guanidine groups is 1. The molecule has 2 N–H and O–H groups in total. The lowest BCUT2D eigenvalue weighted by Crippen LogP contribution is -2.45. The highest BCUT2D eigenvalue weighted by Gasteiger charge is 2.17. The van der Waals surface area contributed by atoms with Crippen LogP contribution in [0.2, 0.25) is 0 Å². The number of nitrogens with zero attached hydrogens (tertiary/aromatic N) is 2. The number of aliphatic imine (C=N–C) groups is 1. The molecule has 2 aliphatic heterocycles. The van der Waals surface area contributed by atoms with E-state index in [4.69, 9.17) is 9.47 Å². The van der Waals surface area contributed by atoms with Crippen molar-refractivity contribution in [1.29, 1.82) is 0 Å². The Morgan fingerprint density at radius 3 is 2.79 bits per heavy atom. The van der Waals surface area contributed by atoms with Crippen LogP contribution < -0.4 is 10.6 Å². The topological polar surface area (TPSA) is 58.1 Å². The van der Waals surface area contributed by atoms with Gasteiger partial charge in [-0.05, 0) is 39.2 Å². The smallest absolute Gasteiger partial charge is 0.191 e. The molecule has 0 bridgehead atoms. The number of hydrogen-bond acceptors (Lipinski definition) is 4. The average molecular weight is 454 g/mol. The molecule has 0 radical (unpaired) electrons. The Morgan fingerprint density at radius 1 is 1.25 bits per heavy atom. The van der Waals surface area contributed by atoms with Crippen LogP contribution in [0.3, 0.4) is 0 Å². The number of likely N-dealkylation sites (tertiary alicyclic amines) is 1. The number of ether oxygens (including phenoxy) is 2. The summed E-state index contributed by atoms with van der Waals surface area (Å²) < 4.78 is 11.1. The number of rotatable bonds is 8. The molecule has 2 heterocycles. The predicted molar refractivity (Wildman–Crippen MR) is 109 cm³/mol. The number of nitrogens with one attached hydrogen (secondary N) is 2. The second kappa shape index (κ2) is 13.1. The van der Waals surface area contributed by atoms with Gasteiger partial charge in [0.15, 0.2) is 5.96 Å². The van der Waals surface area contributed by atoms with E-state index >= 15 is 0 Å². The van der Waals surface area contributed by atoms with Crippen molar-refractivity contribution >= 4 is 29.9 Å². The molecule has 2 fully saturated rings. The normalized spacial score (nSPS) is 25.3. The maximum absolute atomic E-state index is 5.76. The summed E-state index contributed by atoms with van der Waals surface area (Å²) in [6.45, 7) is 8.86. The molecule has 24 heavy (non-hydrogen) atoms. The summed E-state index contributed by atoms with van der Waals surface area (Å²) in [6, 6.07) is 0.720. The average Bonchev–Trinajstić information content (AvgIpc) is 3.08. The molecule has 7 heteroatoms. The first-order valence-corrected chi connectivity index (χ1v) is 9.17. The van der Waals surface area contributed by atoms with E-state index in [9.17, 15) is 0 Å². The van der Waals surface area contributed by atoms with Crippen molar-refractivity contribution in [2.75, 3.05) is 53.0 Å². The monoisotopic (exact) mass is 454 g/mol. The Morgan fingerprint density at radius 2 is 2.08 bits per heavy atom. The van der Waals surface area contributed by atoms with E-state index in [0.717, 1.165) is 64.3 Å². The summed E-state index contributed by atoms with van der Waals surface area (Å²) in [5.74, 6) is 0.888. The van der Waals surface area contributed by atoms with Crippen molar-refractivity contribution in [1.82, 2.24) is 15.5 Å². The van der Waals surface area contributed by atoms with Crippen LogP contribution in [0.5, 0.6) is 0 Å². The Bertz CT molecular complexity index is 351. The Balaban J connectivity index is 0.00000288. The third-order valence-electron chi connectivity index (χ3n) is 4.71. The van der Waals surface area contributed by atoms with Gasteiger partial charge < -0.3 is 20.1 Å². The van der Waals surface area contributed by atoms with E-state index in [0.29, 0.717) is 6.10 Å². The Hall–Kier alpha value is -0.120. The maximum Gasteiger partial charge on any atom is 0.191 e. The van der Waals surface area contributed by atoms with Crippen molar-refractivity contribution in [2.45, 2.75) is 51.2 Å². The van der Waals surface area contributed by atoms with E-state index < -0.39 is 0 Å². The lowest BCUT2D eigenvalue weighted by Gasteiger charge is -2.33. The molecular weight excluding hydrogens is 419 g/mol. The highest BCUT2D eigenvalue weighted by Crippen LogP contribution is 2.15. The van der Waals surface area contributed by atoms with Gasteiger partial charge >= 0.3 is 0 Å². The molecule has 0 amide bonds. The zero-order valence-electron chi connectivity index (χ0n) is 15.3. The molecule has 2 aliphatic rings. The second-order valence-corrected chi connectivity index (χ2v) is 6.52. The number of halogens is 1. The lowest BCUT2D eigenvalue weighted by atomic mass is 10.0. The highest BCUT2D eigenvalue weighted by atomic mass is 127. The second-order valence-electron chi connectivity index (χ2n) is 6.52. The molecule has 0 aromatic carbocycles. The fourth-order valence-electron chi connectivity index (χ4n) is 3.20. The highest BCUT2D eigenvalue weighted by molar-refractivity contribution is 14.0.